The van der Waals surface area contributed by atoms with Gasteiger partial charge < -0.3 is 19.3 Å². The van der Waals surface area contributed by atoms with E-state index in [1.165, 1.54) is 0 Å². The highest BCUT2D eigenvalue weighted by Gasteiger charge is 2.16. The molecule has 3 aromatic rings. The van der Waals surface area contributed by atoms with Crippen LogP contribution in [0.15, 0.2) is 47.3 Å². The highest BCUT2D eigenvalue weighted by atomic mass is 16.7. The molecule has 1 aromatic heterocycles. The zero-order chi connectivity index (χ0) is 17.4. The van der Waals surface area contributed by atoms with E-state index in [-0.39, 0.29) is 25.6 Å². The number of para-hydroxylation sites is 2. The van der Waals surface area contributed by atoms with Gasteiger partial charge in [0.1, 0.15) is 18.5 Å². The van der Waals surface area contributed by atoms with Gasteiger partial charge in [0, 0.05) is 13.1 Å². The van der Waals surface area contributed by atoms with Crippen molar-refractivity contribution in [3.8, 4) is 17.2 Å². The fraction of sp³-hybridized carbons (Fsp3) is 0.278. The van der Waals surface area contributed by atoms with Crippen LogP contribution >= 0.6 is 0 Å². The zero-order valence-corrected chi connectivity index (χ0v) is 13.7. The molecule has 1 aliphatic rings. The second-order valence-corrected chi connectivity index (χ2v) is 5.92. The van der Waals surface area contributed by atoms with E-state index in [9.17, 15) is 9.90 Å². The van der Waals surface area contributed by atoms with Crippen LogP contribution in [0.3, 0.4) is 0 Å². The molecule has 0 aliphatic carbocycles. The molecule has 7 nitrogen and oxygen atoms in total. The zero-order valence-electron chi connectivity index (χ0n) is 13.7. The third-order valence-corrected chi connectivity index (χ3v) is 4.23. The number of aliphatic hydroxyl groups excluding tert-OH is 1. The fourth-order valence-corrected chi connectivity index (χ4v) is 2.96. The van der Waals surface area contributed by atoms with Gasteiger partial charge in [-0.25, -0.2) is 4.79 Å². The second-order valence-electron chi connectivity index (χ2n) is 5.92. The van der Waals surface area contributed by atoms with Gasteiger partial charge in [-0.15, -0.1) is 0 Å². The van der Waals surface area contributed by atoms with Crippen molar-refractivity contribution >= 4 is 11.0 Å². The van der Waals surface area contributed by atoms with E-state index in [0.717, 1.165) is 11.0 Å². The van der Waals surface area contributed by atoms with Crippen LogP contribution in [0.25, 0.3) is 11.0 Å². The van der Waals surface area contributed by atoms with E-state index in [1.807, 2.05) is 24.3 Å². The minimum atomic E-state index is -0.825. The number of hydrogen-bond acceptors (Lipinski definition) is 5. The molecule has 7 heteroatoms. The number of imidazole rings is 1. The van der Waals surface area contributed by atoms with Crippen LogP contribution in [0.4, 0.5) is 0 Å². The number of rotatable bonds is 5. The molecule has 4 rings (SSSR count). The number of ether oxygens (including phenoxy) is 3. The number of aliphatic hydroxyl groups is 1. The molecule has 0 amide bonds. The second kappa shape index (κ2) is 6.18. The van der Waals surface area contributed by atoms with Gasteiger partial charge in [-0.2, -0.15) is 0 Å². The van der Waals surface area contributed by atoms with E-state index in [1.54, 1.807) is 34.4 Å². The predicted octanol–water partition coefficient (Wildman–Crippen LogP) is 1.51. The lowest BCUT2D eigenvalue weighted by Gasteiger charge is -2.13. The first-order valence-electron chi connectivity index (χ1n) is 7.98. The number of aromatic nitrogens is 2. The quantitative estimate of drug-likeness (QED) is 0.761. The highest BCUT2D eigenvalue weighted by Crippen LogP contribution is 2.35. The van der Waals surface area contributed by atoms with Crippen LogP contribution in [-0.2, 0) is 13.6 Å². The molecule has 0 saturated carbocycles. The first kappa shape index (κ1) is 15.6. The molecule has 130 valence electrons. The molecule has 1 aliphatic heterocycles. The van der Waals surface area contributed by atoms with Gasteiger partial charge >= 0.3 is 5.69 Å². The van der Waals surface area contributed by atoms with E-state index >= 15 is 0 Å². The largest absolute Gasteiger partial charge is 0.491 e. The van der Waals surface area contributed by atoms with Gasteiger partial charge in [0.05, 0.1) is 17.6 Å². The Balaban J connectivity index is 1.47. The molecule has 1 atom stereocenters. The molecule has 2 aromatic carbocycles. The van der Waals surface area contributed by atoms with E-state index in [0.29, 0.717) is 17.2 Å². The first-order valence-corrected chi connectivity index (χ1v) is 7.98. The number of benzene rings is 2. The molecule has 25 heavy (non-hydrogen) atoms. The Morgan fingerprint density at radius 1 is 1.16 bits per heavy atom. The average molecular weight is 342 g/mol. The Hall–Kier alpha value is -2.93. The van der Waals surface area contributed by atoms with Gasteiger partial charge in [0.15, 0.2) is 11.5 Å². The van der Waals surface area contributed by atoms with Crippen molar-refractivity contribution in [3.63, 3.8) is 0 Å². The maximum Gasteiger partial charge on any atom is 0.328 e. The molecule has 1 unspecified atom stereocenters. The van der Waals surface area contributed by atoms with Crippen LogP contribution < -0.4 is 19.9 Å². The minimum absolute atomic E-state index is 0.0648. The van der Waals surface area contributed by atoms with Gasteiger partial charge in [0.2, 0.25) is 6.79 Å². The topological polar surface area (TPSA) is 74.9 Å². The Kier molecular flexibility index (Phi) is 3.85. The molecular formula is C18H18N2O5. The molecule has 0 fully saturated rings. The lowest BCUT2D eigenvalue weighted by Crippen LogP contribution is -2.30. The molecule has 0 bridgehead atoms. The summed E-state index contributed by atoms with van der Waals surface area (Å²) in [5.41, 5.74) is 1.46. The van der Waals surface area contributed by atoms with Crippen molar-refractivity contribution in [1.82, 2.24) is 9.13 Å². The summed E-state index contributed by atoms with van der Waals surface area (Å²) in [6.07, 6.45) is -0.825. The van der Waals surface area contributed by atoms with Crippen LogP contribution in [0.1, 0.15) is 0 Å². The predicted molar refractivity (Wildman–Crippen MR) is 91.2 cm³/mol. The van der Waals surface area contributed by atoms with Crippen molar-refractivity contribution < 1.29 is 19.3 Å². The lowest BCUT2D eigenvalue weighted by molar-refractivity contribution is 0.0924. The lowest BCUT2D eigenvalue weighted by atomic mass is 10.3. The minimum Gasteiger partial charge on any atom is -0.491 e. The summed E-state index contributed by atoms with van der Waals surface area (Å²) in [5, 5.41) is 10.3. The van der Waals surface area contributed by atoms with E-state index in [4.69, 9.17) is 14.2 Å². The van der Waals surface area contributed by atoms with E-state index in [2.05, 4.69) is 0 Å². The molecular weight excluding hydrogens is 324 g/mol. The van der Waals surface area contributed by atoms with Crippen molar-refractivity contribution in [2.45, 2.75) is 12.6 Å². The van der Waals surface area contributed by atoms with E-state index < -0.39 is 6.10 Å². The average Bonchev–Trinajstić information content (AvgIpc) is 3.19. The van der Waals surface area contributed by atoms with Gasteiger partial charge in [-0.1, -0.05) is 12.1 Å². The smallest absolute Gasteiger partial charge is 0.328 e. The van der Waals surface area contributed by atoms with Crippen LogP contribution in [0.2, 0.25) is 0 Å². The summed E-state index contributed by atoms with van der Waals surface area (Å²) in [5.74, 6) is 1.88. The molecule has 2 heterocycles. The first-order chi connectivity index (χ1) is 12.1. The maximum absolute atomic E-state index is 12.4. The van der Waals surface area contributed by atoms with Gasteiger partial charge in [-0.05, 0) is 24.3 Å². The molecule has 0 radical (unpaired) electrons. The Morgan fingerprint density at radius 2 is 1.92 bits per heavy atom. The van der Waals surface area contributed by atoms with Crippen molar-refractivity contribution in [3.05, 3.63) is 52.9 Å². The number of nitrogens with zero attached hydrogens (tertiary/aromatic N) is 2. The summed E-state index contributed by atoms with van der Waals surface area (Å²) in [6.45, 7) is 0.422. The number of hydrogen-bond donors (Lipinski definition) is 1. The molecule has 0 spiro atoms. The molecule has 1 N–H and O–H groups in total. The monoisotopic (exact) mass is 342 g/mol. The SMILES string of the molecule is Cn1c(=O)n(CC(O)COc2ccc3c(c2)OCO3)c2ccccc21. The number of aryl methyl sites for hydroxylation is 1. The Labute approximate surface area is 143 Å². The maximum atomic E-state index is 12.4. The number of fused-ring (bicyclic) bond motifs is 2. The van der Waals surface area contributed by atoms with Crippen LogP contribution in [0, 0.1) is 0 Å². The fourth-order valence-electron chi connectivity index (χ4n) is 2.96. The third kappa shape index (κ3) is 2.83. The van der Waals surface area contributed by atoms with Gasteiger partial charge in [-0.3, -0.25) is 9.13 Å². The summed E-state index contributed by atoms with van der Waals surface area (Å²) < 4.78 is 19.3. The highest BCUT2D eigenvalue weighted by molar-refractivity contribution is 5.75. The van der Waals surface area contributed by atoms with Crippen molar-refractivity contribution in [2.24, 2.45) is 7.05 Å². The normalized spacial score (nSPS) is 14.0. The Morgan fingerprint density at radius 3 is 2.76 bits per heavy atom. The van der Waals surface area contributed by atoms with Crippen molar-refractivity contribution in [1.29, 1.82) is 0 Å². The summed E-state index contributed by atoms with van der Waals surface area (Å²) in [7, 11) is 1.72. The summed E-state index contributed by atoms with van der Waals surface area (Å²) in [4.78, 5) is 12.4. The summed E-state index contributed by atoms with van der Waals surface area (Å²) in [6, 6.07) is 12.7. The molecule has 0 saturated heterocycles. The van der Waals surface area contributed by atoms with Crippen LogP contribution in [0.5, 0.6) is 17.2 Å². The Bertz CT molecular complexity index is 975. The van der Waals surface area contributed by atoms with Gasteiger partial charge in [0.25, 0.3) is 0 Å². The van der Waals surface area contributed by atoms with Crippen LogP contribution in [-0.4, -0.2) is 33.7 Å². The summed E-state index contributed by atoms with van der Waals surface area (Å²) >= 11 is 0. The van der Waals surface area contributed by atoms with Crippen molar-refractivity contribution in [2.75, 3.05) is 13.4 Å². The standard InChI is InChI=1S/C18H18N2O5/c1-19-14-4-2-3-5-15(14)20(18(19)22)9-12(21)10-23-13-6-7-16-17(8-13)25-11-24-16/h2-8,12,21H,9-11H2,1H3. The third-order valence-electron chi connectivity index (χ3n) is 4.23.